The summed E-state index contributed by atoms with van der Waals surface area (Å²) in [5.74, 6) is 1.12. The third-order valence-corrected chi connectivity index (χ3v) is 3.14. The normalized spacial score (nSPS) is 11.0. The average Bonchev–Trinajstić information content (AvgIpc) is 2.54. The fraction of sp³-hybridized carbons (Fsp3) is 0.176. The minimum atomic E-state index is -0.304. The van der Waals surface area contributed by atoms with E-state index in [4.69, 9.17) is 14.7 Å². The summed E-state index contributed by atoms with van der Waals surface area (Å²) in [4.78, 5) is 0. The van der Waals surface area contributed by atoms with Gasteiger partial charge in [0.15, 0.2) is 0 Å². The highest BCUT2D eigenvalue weighted by Crippen LogP contribution is 2.31. The third kappa shape index (κ3) is 2.96. The van der Waals surface area contributed by atoms with Crippen molar-refractivity contribution >= 4 is 0 Å². The zero-order chi connectivity index (χ0) is 15.2. The third-order valence-electron chi connectivity index (χ3n) is 3.14. The molecule has 0 aliphatic heterocycles. The number of nitriles is 2. The number of rotatable bonds is 4. The first-order chi connectivity index (χ1) is 10.2. The van der Waals surface area contributed by atoms with Gasteiger partial charge >= 0.3 is 0 Å². The Labute approximate surface area is 123 Å². The second-order valence-corrected chi connectivity index (χ2v) is 4.40. The molecule has 0 aliphatic rings. The first kappa shape index (κ1) is 14.4. The Bertz CT molecular complexity index is 726. The Balaban J connectivity index is 2.35. The molecule has 0 N–H and O–H groups in total. The molecular weight excluding hydrogens is 264 g/mol. The molecule has 4 heteroatoms. The van der Waals surface area contributed by atoms with E-state index in [2.05, 4.69) is 0 Å². The molecule has 0 aromatic heterocycles. The van der Waals surface area contributed by atoms with E-state index < -0.39 is 0 Å². The maximum absolute atomic E-state index is 9.21. The Morgan fingerprint density at radius 2 is 1.67 bits per heavy atom. The van der Waals surface area contributed by atoms with E-state index in [9.17, 15) is 5.26 Å². The standard InChI is InChI=1S/C17H14N2O2/c1-12(14-7-3-4-8-16(14)20-2)21-17-9-5-6-13(10-18)15(17)11-19/h3-9,12H,1-2H3. The predicted octanol–water partition coefficient (Wildman–Crippen LogP) is 3.58. The van der Waals surface area contributed by atoms with Crippen molar-refractivity contribution in [1.29, 1.82) is 10.5 Å². The van der Waals surface area contributed by atoms with Gasteiger partial charge in [-0.05, 0) is 25.1 Å². The Kier molecular flexibility index (Phi) is 4.43. The van der Waals surface area contributed by atoms with Crippen molar-refractivity contribution in [2.75, 3.05) is 7.11 Å². The largest absolute Gasteiger partial charge is 0.496 e. The summed E-state index contributed by atoms with van der Waals surface area (Å²) in [6, 6.07) is 16.5. The van der Waals surface area contributed by atoms with Crippen LogP contribution in [0.4, 0.5) is 0 Å². The van der Waals surface area contributed by atoms with Crippen LogP contribution in [0.5, 0.6) is 11.5 Å². The van der Waals surface area contributed by atoms with Crippen molar-refractivity contribution in [3.05, 3.63) is 59.2 Å². The van der Waals surface area contributed by atoms with E-state index >= 15 is 0 Å². The van der Waals surface area contributed by atoms with Crippen molar-refractivity contribution in [1.82, 2.24) is 0 Å². The fourth-order valence-corrected chi connectivity index (χ4v) is 2.09. The molecule has 1 atom stereocenters. The van der Waals surface area contributed by atoms with Crippen LogP contribution in [0.15, 0.2) is 42.5 Å². The molecule has 0 heterocycles. The van der Waals surface area contributed by atoms with Crippen LogP contribution in [-0.2, 0) is 0 Å². The Morgan fingerprint density at radius 1 is 0.952 bits per heavy atom. The van der Waals surface area contributed by atoms with E-state index in [1.807, 2.05) is 43.3 Å². The Hall–Kier alpha value is -2.98. The number of ether oxygens (including phenoxy) is 2. The van der Waals surface area contributed by atoms with Gasteiger partial charge in [-0.3, -0.25) is 0 Å². The number of methoxy groups -OCH3 is 1. The summed E-state index contributed by atoms with van der Waals surface area (Å²) in [5.41, 5.74) is 1.44. The number of para-hydroxylation sites is 1. The van der Waals surface area contributed by atoms with Gasteiger partial charge in [0.2, 0.25) is 0 Å². The van der Waals surface area contributed by atoms with Crippen LogP contribution in [-0.4, -0.2) is 7.11 Å². The molecule has 2 aromatic rings. The van der Waals surface area contributed by atoms with Crippen molar-refractivity contribution in [3.8, 4) is 23.6 Å². The minimum absolute atomic E-state index is 0.252. The summed E-state index contributed by atoms with van der Waals surface area (Å²) in [7, 11) is 1.60. The Morgan fingerprint density at radius 3 is 2.33 bits per heavy atom. The summed E-state index contributed by atoms with van der Waals surface area (Å²) >= 11 is 0. The van der Waals surface area contributed by atoms with Gasteiger partial charge in [-0.2, -0.15) is 10.5 Å². The van der Waals surface area contributed by atoms with Crippen LogP contribution >= 0.6 is 0 Å². The molecule has 0 saturated heterocycles. The molecule has 1 unspecified atom stereocenters. The second-order valence-electron chi connectivity index (χ2n) is 4.40. The summed E-state index contributed by atoms with van der Waals surface area (Å²) in [6.45, 7) is 1.87. The highest BCUT2D eigenvalue weighted by molar-refractivity contribution is 5.54. The van der Waals surface area contributed by atoms with Crippen molar-refractivity contribution in [3.63, 3.8) is 0 Å². The van der Waals surface area contributed by atoms with E-state index in [0.29, 0.717) is 11.3 Å². The molecule has 2 rings (SSSR count). The predicted molar refractivity (Wildman–Crippen MR) is 77.9 cm³/mol. The SMILES string of the molecule is COc1ccccc1C(C)Oc1cccc(C#N)c1C#N. The van der Waals surface area contributed by atoms with Crippen LogP contribution in [0.3, 0.4) is 0 Å². The first-order valence-corrected chi connectivity index (χ1v) is 6.44. The maximum atomic E-state index is 9.21. The van der Waals surface area contributed by atoms with Crippen molar-refractivity contribution in [2.24, 2.45) is 0 Å². The van der Waals surface area contributed by atoms with Crippen molar-refractivity contribution < 1.29 is 9.47 Å². The molecule has 0 amide bonds. The lowest BCUT2D eigenvalue weighted by Crippen LogP contribution is -2.06. The van der Waals surface area contributed by atoms with E-state index in [-0.39, 0.29) is 11.7 Å². The molecule has 104 valence electrons. The summed E-state index contributed by atoms with van der Waals surface area (Å²) < 4.78 is 11.2. The van der Waals surface area contributed by atoms with E-state index in [1.54, 1.807) is 25.3 Å². The second kappa shape index (κ2) is 6.45. The molecule has 0 fully saturated rings. The van der Waals surface area contributed by atoms with Crippen LogP contribution in [0.25, 0.3) is 0 Å². The molecule has 0 bridgehead atoms. The van der Waals surface area contributed by atoms with E-state index in [0.717, 1.165) is 11.3 Å². The molecule has 2 aromatic carbocycles. The van der Waals surface area contributed by atoms with Gasteiger partial charge in [-0.25, -0.2) is 0 Å². The fourth-order valence-electron chi connectivity index (χ4n) is 2.09. The smallest absolute Gasteiger partial charge is 0.139 e. The lowest BCUT2D eigenvalue weighted by Gasteiger charge is -2.18. The lowest BCUT2D eigenvalue weighted by atomic mass is 10.1. The molecule has 21 heavy (non-hydrogen) atoms. The summed E-state index contributed by atoms with van der Waals surface area (Å²) in [5, 5.41) is 18.2. The zero-order valence-electron chi connectivity index (χ0n) is 11.8. The number of hydrogen-bond donors (Lipinski definition) is 0. The van der Waals surface area contributed by atoms with Gasteiger partial charge in [0, 0.05) is 5.56 Å². The average molecular weight is 278 g/mol. The van der Waals surface area contributed by atoms with Gasteiger partial charge in [0.05, 0.1) is 12.7 Å². The molecule has 0 saturated carbocycles. The summed E-state index contributed by atoms with van der Waals surface area (Å²) in [6.07, 6.45) is -0.304. The zero-order valence-corrected chi connectivity index (χ0v) is 11.8. The van der Waals surface area contributed by atoms with Gasteiger partial charge in [0.1, 0.15) is 35.3 Å². The van der Waals surface area contributed by atoms with Gasteiger partial charge in [-0.1, -0.05) is 24.3 Å². The molecule has 0 spiro atoms. The van der Waals surface area contributed by atoms with E-state index in [1.165, 1.54) is 0 Å². The van der Waals surface area contributed by atoms with Gasteiger partial charge < -0.3 is 9.47 Å². The number of nitrogens with zero attached hydrogens (tertiary/aromatic N) is 2. The quantitative estimate of drug-likeness (QED) is 0.857. The highest BCUT2D eigenvalue weighted by atomic mass is 16.5. The lowest BCUT2D eigenvalue weighted by molar-refractivity contribution is 0.220. The number of benzene rings is 2. The monoisotopic (exact) mass is 278 g/mol. The van der Waals surface area contributed by atoms with Gasteiger partial charge in [0.25, 0.3) is 0 Å². The molecule has 0 radical (unpaired) electrons. The molecule has 4 nitrogen and oxygen atoms in total. The van der Waals surface area contributed by atoms with Gasteiger partial charge in [-0.15, -0.1) is 0 Å². The van der Waals surface area contributed by atoms with Crippen LogP contribution in [0.1, 0.15) is 29.7 Å². The molecular formula is C17H14N2O2. The van der Waals surface area contributed by atoms with Crippen LogP contribution < -0.4 is 9.47 Å². The van der Waals surface area contributed by atoms with Crippen LogP contribution in [0, 0.1) is 22.7 Å². The maximum Gasteiger partial charge on any atom is 0.139 e. The topological polar surface area (TPSA) is 66.0 Å². The van der Waals surface area contributed by atoms with Crippen molar-refractivity contribution in [2.45, 2.75) is 13.0 Å². The first-order valence-electron chi connectivity index (χ1n) is 6.44. The highest BCUT2D eigenvalue weighted by Gasteiger charge is 2.16. The molecule has 0 aliphatic carbocycles. The minimum Gasteiger partial charge on any atom is -0.496 e. The van der Waals surface area contributed by atoms with Crippen LogP contribution in [0.2, 0.25) is 0 Å². The number of hydrogen-bond acceptors (Lipinski definition) is 4.